The van der Waals surface area contributed by atoms with E-state index in [1.807, 2.05) is 0 Å². The van der Waals surface area contributed by atoms with Crippen molar-refractivity contribution < 1.29 is 19.5 Å². The molecule has 1 rings (SSSR count). The summed E-state index contributed by atoms with van der Waals surface area (Å²) in [6, 6.07) is 4.34. The number of imide groups is 1. The van der Waals surface area contributed by atoms with E-state index >= 15 is 0 Å². The molecule has 0 saturated carbocycles. The molecular formula is C11H11NO4. The summed E-state index contributed by atoms with van der Waals surface area (Å²) in [6.07, 6.45) is 0. The SMILES string of the molecule is CC(=O)NC(=O)c1cccc(C(=O)O)c1C. The summed E-state index contributed by atoms with van der Waals surface area (Å²) in [6.45, 7) is 2.74. The van der Waals surface area contributed by atoms with Crippen LogP contribution >= 0.6 is 0 Å². The van der Waals surface area contributed by atoms with Gasteiger partial charge >= 0.3 is 5.97 Å². The summed E-state index contributed by atoms with van der Waals surface area (Å²) >= 11 is 0. The van der Waals surface area contributed by atoms with E-state index in [4.69, 9.17) is 5.11 Å². The van der Waals surface area contributed by atoms with Crippen LogP contribution in [0.4, 0.5) is 0 Å². The monoisotopic (exact) mass is 221 g/mol. The van der Waals surface area contributed by atoms with E-state index in [1.54, 1.807) is 0 Å². The lowest BCUT2D eigenvalue weighted by molar-refractivity contribution is -0.118. The number of nitrogens with one attached hydrogen (secondary N) is 1. The van der Waals surface area contributed by atoms with Crippen LogP contribution in [0.1, 0.15) is 33.2 Å². The second-order valence-corrected chi connectivity index (χ2v) is 3.29. The predicted molar refractivity (Wildman–Crippen MR) is 56.3 cm³/mol. The van der Waals surface area contributed by atoms with Crippen molar-refractivity contribution in [2.45, 2.75) is 13.8 Å². The van der Waals surface area contributed by atoms with E-state index < -0.39 is 17.8 Å². The van der Waals surface area contributed by atoms with Gasteiger partial charge in [0.25, 0.3) is 5.91 Å². The van der Waals surface area contributed by atoms with Crippen molar-refractivity contribution >= 4 is 17.8 Å². The third kappa shape index (κ3) is 2.44. The van der Waals surface area contributed by atoms with E-state index in [-0.39, 0.29) is 11.1 Å². The molecule has 0 aliphatic rings. The van der Waals surface area contributed by atoms with Crippen LogP contribution < -0.4 is 5.32 Å². The van der Waals surface area contributed by atoms with Crippen molar-refractivity contribution in [3.05, 3.63) is 34.9 Å². The summed E-state index contributed by atoms with van der Waals surface area (Å²) in [5.41, 5.74) is 0.583. The van der Waals surface area contributed by atoms with Gasteiger partial charge in [-0.2, -0.15) is 0 Å². The van der Waals surface area contributed by atoms with Crippen molar-refractivity contribution in [3.63, 3.8) is 0 Å². The molecule has 0 saturated heterocycles. The molecule has 2 amide bonds. The molecule has 0 aliphatic carbocycles. The van der Waals surface area contributed by atoms with Gasteiger partial charge in [0.2, 0.25) is 5.91 Å². The molecule has 0 radical (unpaired) electrons. The standard InChI is InChI=1S/C11H11NO4/c1-6-8(10(14)12-7(2)13)4-3-5-9(6)11(15)16/h3-5H,1-2H3,(H,15,16)(H,12,13,14). The van der Waals surface area contributed by atoms with Crippen LogP contribution in [-0.4, -0.2) is 22.9 Å². The average Bonchev–Trinajstić information content (AvgIpc) is 2.16. The number of benzene rings is 1. The fraction of sp³-hybridized carbons (Fsp3) is 0.182. The Labute approximate surface area is 92.1 Å². The minimum Gasteiger partial charge on any atom is -0.478 e. The zero-order valence-corrected chi connectivity index (χ0v) is 8.90. The molecule has 0 unspecified atom stereocenters. The van der Waals surface area contributed by atoms with Crippen molar-refractivity contribution in [2.75, 3.05) is 0 Å². The highest BCUT2D eigenvalue weighted by Crippen LogP contribution is 2.13. The minimum atomic E-state index is -1.10. The molecule has 0 atom stereocenters. The van der Waals surface area contributed by atoms with E-state index in [0.717, 1.165) is 0 Å². The normalized spacial score (nSPS) is 9.62. The zero-order chi connectivity index (χ0) is 12.3. The first kappa shape index (κ1) is 11.9. The minimum absolute atomic E-state index is 0.0520. The van der Waals surface area contributed by atoms with Crippen LogP contribution in [0.5, 0.6) is 0 Å². The Balaban J connectivity index is 3.15. The van der Waals surface area contributed by atoms with Crippen LogP contribution in [0.2, 0.25) is 0 Å². The number of rotatable bonds is 2. The third-order valence-electron chi connectivity index (χ3n) is 2.10. The van der Waals surface area contributed by atoms with Crippen LogP contribution in [0, 0.1) is 6.92 Å². The van der Waals surface area contributed by atoms with Crippen LogP contribution in [0.25, 0.3) is 0 Å². The molecule has 1 aromatic rings. The summed E-state index contributed by atoms with van der Waals surface area (Å²) in [4.78, 5) is 33.1. The van der Waals surface area contributed by atoms with Gasteiger partial charge in [0.15, 0.2) is 0 Å². The Morgan fingerprint density at radius 1 is 1.19 bits per heavy atom. The molecule has 0 heterocycles. The fourth-order valence-corrected chi connectivity index (χ4v) is 1.34. The Kier molecular flexibility index (Phi) is 3.40. The molecular weight excluding hydrogens is 210 g/mol. The van der Waals surface area contributed by atoms with Gasteiger partial charge in [-0.05, 0) is 24.6 Å². The first-order valence-electron chi connectivity index (χ1n) is 4.58. The molecule has 16 heavy (non-hydrogen) atoms. The van der Waals surface area contributed by atoms with Crippen LogP contribution in [-0.2, 0) is 4.79 Å². The first-order valence-corrected chi connectivity index (χ1v) is 4.58. The number of carbonyl (C=O) groups excluding carboxylic acids is 2. The lowest BCUT2D eigenvalue weighted by Crippen LogP contribution is -2.28. The topological polar surface area (TPSA) is 83.5 Å². The van der Waals surface area contributed by atoms with Crippen molar-refractivity contribution in [2.24, 2.45) is 0 Å². The number of carboxylic acid groups (broad SMARTS) is 1. The van der Waals surface area contributed by atoms with Gasteiger partial charge in [-0.25, -0.2) is 4.79 Å². The highest BCUT2D eigenvalue weighted by Gasteiger charge is 2.15. The second kappa shape index (κ2) is 4.57. The summed E-state index contributed by atoms with van der Waals surface area (Å²) < 4.78 is 0. The van der Waals surface area contributed by atoms with Gasteiger partial charge in [0.05, 0.1) is 5.56 Å². The third-order valence-corrected chi connectivity index (χ3v) is 2.10. The van der Waals surface area contributed by atoms with E-state index in [1.165, 1.54) is 32.0 Å². The number of carboxylic acids is 1. The maximum absolute atomic E-state index is 11.5. The molecule has 0 fully saturated rings. The predicted octanol–water partition coefficient (Wildman–Crippen LogP) is 0.970. The van der Waals surface area contributed by atoms with Gasteiger partial charge in [0, 0.05) is 12.5 Å². The molecule has 1 aromatic carbocycles. The number of aromatic carboxylic acids is 1. The van der Waals surface area contributed by atoms with Gasteiger partial charge < -0.3 is 5.11 Å². The average molecular weight is 221 g/mol. The largest absolute Gasteiger partial charge is 0.478 e. The van der Waals surface area contributed by atoms with E-state index in [0.29, 0.717) is 5.56 Å². The molecule has 5 heteroatoms. The van der Waals surface area contributed by atoms with Crippen LogP contribution in [0.15, 0.2) is 18.2 Å². The van der Waals surface area contributed by atoms with Gasteiger partial charge in [-0.1, -0.05) is 6.07 Å². The zero-order valence-electron chi connectivity index (χ0n) is 8.90. The van der Waals surface area contributed by atoms with Gasteiger partial charge in [-0.15, -0.1) is 0 Å². The molecule has 0 spiro atoms. The quantitative estimate of drug-likeness (QED) is 0.779. The summed E-state index contributed by atoms with van der Waals surface area (Å²) in [5.74, 6) is -2.17. The Bertz CT molecular complexity index is 465. The van der Waals surface area contributed by atoms with Gasteiger partial charge in [-0.3, -0.25) is 14.9 Å². The molecule has 0 aromatic heterocycles. The smallest absolute Gasteiger partial charge is 0.335 e. The number of amides is 2. The highest BCUT2D eigenvalue weighted by molar-refractivity contribution is 6.06. The maximum atomic E-state index is 11.5. The Morgan fingerprint density at radius 2 is 1.75 bits per heavy atom. The summed E-state index contributed by atoms with van der Waals surface area (Å²) in [5, 5.41) is 11.0. The molecule has 0 bridgehead atoms. The van der Waals surface area contributed by atoms with Crippen molar-refractivity contribution in [1.29, 1.82) is 0 Å². The molecule has 2 N–H and O–H groups in total. The number of hydrogen-bond acceptors (Lipinski definition) is 3. The number of carbonyl (C=O) groups is 3. The lowest BCUT2D eigenvalue weighted by atomic mass is 10.0. The highest BCUT2D eigenvalue weighted by atomic mass is 16.4. The van der Waals surface area contributed by atoms with Crippen molar-refractivity contribution in [3.8, 4) is 0 Å². The Morgan fingerprint density at radius 3 is 2.25 bits per heavy atom. The van der Waals surface area contributed by atoms with Crippen LogP contribution in [0.3, 0.4) is 0 Å². The Hall–Kier alpha value is -2.17. The van der Waals surface area contributed by atoms with E-state index in [2.05, 4.69) is 5.32 Å². The first-order chi connectivity index (χ1) is 7.43. The van der Waals surface area contributed by atoms with Gasteiger partial charge in [0.1, 0.15) is 0 Å². The molecule has 0 aliphatic heterocycles. The fourth-order valence-electron chi connectivity index (χ4n) is 1.34. The molecule has 5 nitrogen and oxygen atoms in total. The second-order valence-electron chi connectivity index (χ2n) is 3.29. The van der Waals surface area contributed by atoms with Crippen molar-refractivity contribution in [1.82, 2.24) is 5.32 Å². The summed E-state index contributed by atoms with van der Waals surface area (Å²) in [7, 11) is 0. The number of hydrogen-bond donors (Lipinski definition) is 2. The lowest BCUT2D eigenvalue weighted by Gasteiger charge is -2.07. The van der Waals surface area contributed by atoms with E-state index in [9.17, 15) is 14.4 Å². The maximum Gasteiger partial charge on any atom is 0.335 e. The molecule has 84 valence electrons.